The summed E-state index contributed by atoms with van der Waals surface area (Å²) in [7, 11) is 1.44. The van der Waals surface area contributed by atoms with E-state index in [1.807, 2.05) is 60.7 Å². The summed E-state index contributed by atoms with van der Waals surface area (Å²) in [6, 6.07) is 18.4. The minimum Gasteiger partial charge on any atom is -0.448 e. The maximum absolute atomic E-state index is 13.6. The van der Waals surface area contributed by atoms with Crippen LogP contribution in [0.3, 0.4) is 0 Å². The number of Topliss-reactive ketones (excluding diaryl/α,β-unsaturated/α-hetero) is 1. The van der Waals surface area contributed by atoms with Gasteiger partial charge >= 0.3 is 5.97 Å². The van der Waals surface area contributed by atoms with Crippen molar-refractivity contribution < 1.29 is 23.9 Å². The van der Waals surface area contributed by atoms with E-state index >= 15 is 0 Å². The highest BCUT2D eigenvalue weighted by Gasteiger charge is 2.54. The number of β-lactam (4-membered cyclic amide) rings is 1. The summed E-state index contributed by atoms with van der Waals surface area (Å²) < 4.78 is 9.99. The molecule has 0 bridgehead atoms. The molecule has 5 rings (SSSR count). The van der Waals surface area contributed by atoms with Gasteiger partial charge in [0, 0.05) is 36.3 Å². The average Bonchev–Trinajstić information content (AvgIpc) is 3.40. The van der Waals surface area contributed by atoms with E-state index in [9.17, 15) is 19.2 Å². The van der Waals surface area contributed by atoms with Gasteiger partial charge in [0.05, 0.1) is 11.3 Å². The molecule has 1 fully saturated rings. The van der Waals surface area contributed by atoms with Crippen LogP contribution in [0.5, 0.6) is 0 Å². The minimum atomic E-state index is -0.781. The van der Waals surface area contributed by atoms with Gasteiger partial charge in [0.25, 0.3) is 0 Å². The molecule has 2 atom stereocenters. The Morgan fingerprint density at radius 3 is 2.33 bits per heavy atom. The van der Waals surface area contributed by atoms with E-state index in [0.717, 1.165) is 22.7 Å². The number of rotatable bonds is 9. The van der Waals surface area contributed by atoms with Crippen LogP contribution >= 0.6 is 23.3 Å². The maximum atomic E-state index is 13.6. The number of carbonyl (C=O) groups excluding carboxylic acids is 4. The van der Waals surface area contributed by atoms with Gasteiger partial charge in [0.2, 0.25) is 5.91 Å². The molecule has 2 aromatic carbocycles. The van der Waals surface area contributed by atoms with Gasteiger partial charge in [0.1, 0.15) is 17.7 Å². The number of amides is 1. The second-order valence-corrected chi connectivity index (χ2v) is 10.7. The molecule has 1 aromatic heterocycles. The molecule has 0 saturated carbocycles. The smallest absolute Gasteiger partial charge is 0.356 e. The summed E-state index contributed by atoms with van der Waals surface area (Å²) in [6.45, 7) is 0. The van der Waals surface area contributed by atoms with Crippen molar-refractivity contribution in [1.82, 2.24) is 14.3 Å². The number of ketones is 1. The van der Waals surface area contributed by atoms with E-state index in [4.69, 9.17) is 10.5 Å². The van der Waals surface area contributed by atoms with Crippen LogP contribution in [0.15, 0.2) is 76.9 Å². The van der Waals surface area contributed by atoms with Crippen LogP contribution in [-0.4, -0.2) is 62.1 Å². The van der Waals surface area contributed by atoms with Gasteiger partial charge in [0.15, 0.2) is 22.8 Å². The lowest BCUT2D eigenvalue weighted by atomic mass is 9.89. The van der Waals surface area contributed by atoms with E-state index in [1.165, 1.54) is 23.7 Å². The number of benzene rings is 2. The first-order valence-corrected chi connectivity index (χ1v) is 13.8. The number of hydrogen-bond donors (Lipinski definition) is 1. The fourth-order valence-electron chi connectivity index (χ4n) is 4.58. The summed E-state index contributed by atoms with van der Waals surface area (Å²) in [5, 5.41) is -0.308. The standard InChI is InChI=1S/C27H23N5O5S2/c1-29-20(23-30-27(28)39-31-23)19(34)12-18-24(35)32-21(17(13-33)14-38-25(18)32)26(36)37-22(15-8-4-2-5-9-15)16-10-6-3-7-11-16/h2-11,13,18,22,25H,12,14H2,1H3,(H2,28,30,31)/t18-,25-/m1/s1. The minimum absolute atomic E-state index is 0.0346. The summed E-state index contributed by atoms with van der Waals surface area (Å²) in [5.41, 5.74) is 7.24. The van der Waals surface area contributed by atoms with Crippen molar-refractivity contribution in [3.63, 3.8) is 0 Å². The average molecular weight is 562 g/mol. The monoisotopic (exact) mass is 561 g/mol. The zero-order valence-electron chi connectivity index (χ0n) is 20.7. The van der Waals surface area contributed by atoms with Crippen LogP contribution in [-0.2, 0) is 23.9 Å². The third-order valence-corrected chi connectivity index (χ3v) is 8.32. The van der Waals surface area contributed by atoms with Crippen LogP contribution < -0.4 is 5.73 Å². The fraction of sp³-hybridized carbons (Fsp3) is 0.222. The van der Waals surface area contributed by atoms with Gasteiger partial charge in [-0.1, -0.05) is 60.7 Å². The molecule has 0 aliphatic carbocycles. The van der Waals surface area contributed by atoms with E-state index in [-0.39, 0.29) is 40.1 Å². The SMILES string of the molecule is CN=C(C(=O)C[C@@H]1C(=O)N2C(C(=O)OC(c3ccccc3)c3ccccc3)=C(C=O)CS[C@H]12)c1nsc(N)n1. The van der Waals surface area contributed by atoms with Crippen molar-refractivity contribution in [2.24, 2.45) is 10.9 Å². The predicted molar refractivity (Wildman–Crippen MR) is 147 cm³/mol. The number of nitrogen functional groups attached to an aromatic ring is 1. The van der Waals surface area contributed by atoms with Crippen LogP contribution in [0, 0.1) is 5.92 Å². The molecule has 39 heavy (non-hydrogen) atoms. The summed E-state index contributed by atoms with van der Waals surface area (Å²) >= 11 is 2.26. The fourth-order valence-corrected chi connectivity index (χ4v) is 6.37. The number of aldehydes is 1. The topological polar surface area (TPSA) is 145 Å². The number of ether oxygens (including phenoxy) is 1. The van der Waals surface area contributed by atoms with Crippen molar-refractivity contribution in [1.29, 1.82) is 0 Å². The van der Waals surface area contributed by atoms with Crippen molar-refractivity contribution in [2.75, 3.05) is 18.5 Å². The number of carbonyl (C=O) groups is 4. The predicted octanol–water partition coefficient (Wildman–Crippen LogP) is 2.82. The first-order valence-electron chi connectivity index (χ1n) is 12.0. The zero-order valence-corrected chi connectivity index (χ0v) is 22.4. The molecule has 3 aromatic rings. The second-order valence-electron chi connectivity index (χ2n) is 8.77. The van der Waals surface area contributed by atoms with E-state index in [1.54, 1.807) is 0 Å². The second kappa shape index (κ2) is 11.3. The molecule has 0 radical (unpaired) electrons. The molecular weight excluding hydrogens is 538 g/mol. The Morgan fingerprint density at radius 2 is 1.79 bits per heavy atom. The Kier molecular flexibility index (Phi) is 7.66. The lowest BCUT2D eigenvalue weighted by molar-refractivity contribution is -0.157. The summed E-state index contributed by atoms with van der Waals surface area (Å²) in [5.74, 6) is -2.01. The summed E-state index contributed by atoms with van der Waals surface area (Å²) in [6.07, 6.45) is -0.316. The zero-order chi connectivity index (χ0) is 27.5. The van der Waals surface area contributed by atoms with E-state index in [0.29, 0.717) is 6.29 Å². The number of fused-ring (bicyclic) bond motifs is 1. The van der Waals surface area contributed by atoms with Gasteiger partial charge in [-0.2, -0.15) is 9.36 Å². The number of aromatic nitrogens is 2. The molecule has 3 heterocycles. The number of aliphatic imine (C=N–C) groups is 1. The molecule has 1 amide bonds. The quantitative estimate of drug-likeness (QED) is 0.180. The Labute approximate surface area is 232 Å². The summed E-state index contributed by atoms with van der Waals surface area (Å²) in [4.78, 5) is 61.1. The van der Waals surface area contributed by atoms with Gasteiger partial charge in [-0.15, -0.1) is 11.8 Å². The van der Waals surface area contributed by atoms with Gasteiger partial charge in [-0.3, -0.25) is 24.3 Å². The highest BCUT2D eigenvalue weighted by molar-refractivity contribution is 8.00. The number of anilines is 1. The molecule has 0 unspecified atom stereocenters. The highest BCUT2D eigenvalue weighted by Crippen LogP contribution is 2.45. The van der Waals surface area contributed by atoms with Crippen molar-refractivity contribution in [2.45, 2.75) is 17.9 Å². The van der Waals surface area contributed by atoms with Crippen LogP contribution in [0.1, 0.15) is 29.5 Å². The molecule has 198 valence electrons. The first-order chi connectivity index (χ1) is 18.9. The van der Waals surface area contributed by atoms with Crippen molar-refractivity contribution in [3.8, 4) is 0 Å². The third-order valence-electron chi connectivity index (χ3n) is 6.42. The van der Waals surface area contributed by atoms with Crippen molar-refractivity contribution in [3.05, 3.63) is 88.9 Å². The number of nitrogens with two attached hydrogens (primary N) is 1. The molecule has 10 nitrogen and oxygen atoms in total. The van der Waals surface area contributed by atoms with Crippen LogP contribution in [0.4, 0.5) is 5.13 Å². The van der Waals surface area contributed by atoms with Crippen LogP contribution in [0.25, 0.3) is 0 Å². The lowest BCUT2D eigenvalue weighted by Gasteiger charge is -2.49. The maximum Gasteiger partial charge on any atom is 0.356 e. The van der Waals surface area contributed by atoms with Crippen molar-refractivity contribution >= 4 is 58.1 Å². The Bertz CT molecular complexity index is 1450. The molecular formula is C27H23N5O5S2. The highest BCUT2D eigenvalue weighted by atomic mass is 32.2. The molecule has 0 spiro atoms. The Balaban J connectivity index is 1.37. The molecule has 2 aliphatic rings. The Morgan fingerprint density at radius 1 is 1.15 bits per heavy atom. The molecule has 2 N–H and O–H groups in total. The Hall–Kier alpha value is -4.16. The lowest BCUT2D eigenvalue weighted by Crippen LogP contribution is -2.62. The number of esters is 1. The van der Waals surface area contributed by atoms with Gasteiger partial charge in [-0.25, -0.2) is 4.79 Å². The third kappa shape index (κ3) is 5.12. The molecule has 12 heteroatoms. The number of thioether (sulfide) groups is 1. The number of nitrogens with zero attached hydrogens (tertiary/aromatic N) is 4. The van der Waals surface area contributed by atoms with Gasteiger partial charge in [-0.05, 0) is 11.1 Å². The molecule has 2 aliphatic heterocycles. The normalized spacial score (nSPS) is 19.0. The largest absolute Gasteiger partial charge is 0.448 e. The van der Waals surface area contributed by atoms with E-state index < -0.39 is 35.1 Å². The molecule has 1 saturated heterocycles. The van der Waals surface area contributed by atoms with Gasteiger partial charge < -0.3 is 10.5 Å². The first kappa shape index (κ1) is 26.4. The van der Waals surface area contributed by atoms with E-state index in [2.05, 4.69) is 14.3 Å². The number of hydrogen-bond acceptors (Lipinski definition) is 11. The van der Waals surface area contributed by atoms with Crippen LogP contribution in [0.2, 0.25) is 0 Å².